The van der Waals surface area contributed by atoms with Crippen LogP contribution in [0, 0.1) is 0 Å². The molecule has 0 spiro atoms. The average Bonchev–Trinajstić information content (AvgIpc) is 2.43. The maximum atomic E-state index is 6.35. The molecule has 0 N–H and O–H groups in total. The van der Waals surface area contributed by atoms with Crippen LogP contribution in [0.3, 0.4) is 0 Å². The highest BCUT2D eigenvalue weighted by molar-refractivity contribution is 6.32. The Morgan fingerprint density at radius 1 is 0.722 bits per heavy atom. The Kier molecular flexibility index (Phi) is 3.04. The second kappa shape index (κ2) is 4.83. The van der Waals surface area contributed by atoms with Crippen LogP contribution in [0.15, 0.2) is 66.7 Å². The SMILES string of the molecule is Clc1ccc2ccccc2c1Cc1ccccc1. The normalized spacial score (nSPS) is 10.7. The Labute approximate surface area is 112 Å². The third-order valence-corrected chi connectivity index (χ3v) is 3.56. The number of hydrogen-bond acceptors (Lipinski definition) is 0. The molecule has 3 aromatic rings. The van der Waals surface area contributed by atoms with Gasteiger partial charge in [-0.15, -0.1) is 0 Å². The minimum absolute atomic E-state index is 0.845. The standard InChI is InChI=1S/C17H13Cl/c18-17-11-10-14-8-4-5-9-15(14)16(17)12-13-6-2-1-3-7-13/h1-11H,12H2. The molecule has 0 heterocycles. The van der Waals surface area contributed by atoms with Crippen molar-refractivity contribution < 1.29 is 0 Å². The van der Waals surface area contributed by atoms with E-state index in [0.29, 0.717) is 0 Å². The summed E-state index contributed by atoms with van der Waals surface area (Å²) in [7, 11) is 0. The van der Waals surface area contributed by atoms with Crippen molar-refractivity contribution >= 4 is 22.4 Å². The van der Waals surface area contributed by atoms with Crippen molar-refractivity contribution in [3.63, 3.8) is 0 Å². The maximum absolute atomic E-state index is 6.35. The molecule has 1 heteroatoms. The van der Waals surface area contributed by atoms with Gasteiger partial charge in [-0.25, -0.2) is 0 Å². The van der Waals surface area contributed by atoms with Crippen LogP contribution in [0.5, 0.6) is 0 Å². The molecule has 0 aliphatic rings. The van der Waals surface area contributed by atoms with Crippen molar-refractivity contribution in [3.05, 3.63) is 82.9 Å². The summed E-state index contributed by atoms with van der Waals surface area (Å²) in [5.74, 6) is 0. The quantitative estimate of drug-likeness (QED) is 0.596. The van der Waals surface area contributed by atoms with Gasteiger partial charge in [-0.3, -0.25) is 0 Å². The summed E-state index contributed by atoms with van der Waals surface area (Å²) < 4.78 is 0. The molecular formula is C17H13Cl. The summed E-state index contributed by atoms with van der Waals surface area (Å²) in [5.41, 5.74) is 2.50. The Morgan fingerprint density at radius 3 is 2.28 bits per heavy atom. The highest BCUT2D eigenvalue weighted by Crippen LogP contribution is 2.28. The highest BCUT2D eigenvalue weighted by Gasteiger charge is 2.06. The van der Waals surface area contributed by atoms with Crippen LogP contribution in [-0.4, -0.2) is 0 Å². The molecule has 3 rings (SSSR count). The van der Waals surface area contributed by atoms with Gasteiger partial charge in [-0.1, -0.05) is 72.3 Å². The van der Waals surface area contributed by atoms with Crippen LogP contribution in [-0.2, 0) is 6.42 Å². The first-order valence-corrected chi connectivity index (χ1v) is 6.42. The molecule has 88 valence electrons. The van der Waals surface area contributed by atoms with Crippen molar-refractivity contribution in [3.8, 4) is 0 Å². The zero-order chi connectivity index (χ0) is 12.4. The number of benzene rings is 3. The van der Waals surface area contributed by atoms with E-state index < -0.39 is 0 Å². The zero-order valence-electron chi connectivity index (χ0n) is 9.94. The lowest BCUT2D eigenvalue weighted by atomic mass is 9.98. The van der Waals surface area contributed by atoms with E-state index in [1.165, 1.54) is 21.9 Å². The average molecular weight is 253 g/mol. The maximum Gasteiger partial charge on any atom is 0.0447 e. The fraction of sp³-hybridized carbons (Fsp3) is 0.0588. The molecule has 0 saturated heterocycles. The van der Waals surface area contributed by atoms with E-state index in [4.69, 9.17) is 11.6 Å². The fourth-order valence-corrected chi connectivity index (χ4v) is 2.52. The van der Waals surface area contributed by atoms with Crippen molar-refractivity contribution in [2.75, 3.05) is 0 Å². The summed E-state index contributed by atoms with van der Waals surface area (Å²) in [6.07, 6.45) is 0.876. The van der Waals surface area contributed by atoms with E-state index in [9.17, 15) is 0 Å². The summed E-state index contributed by atoms with van der Waals surface area (Å²) >= 11 is 6.35. The third kappa shape index (κ3) is 2.12. The lowest BCUT2D eigenvalue weighted by Crippen LogP contribution is -1.91. The van der Waals surface area contributed by atoms with Gasteiger partial charge in [0.1, 0.15) is 0 Å². The lowest BCUT2D eigenvalue weighted by molar-refractivity contribution is 1.21. The zero-order valence-corrected chi connectivity index (χ0v) is 10.7. The Hall–Kier alpha value is -1.79. The smallest absolute Gasteiger partial charge is 0.0447 e. The van der Waals surface area contributed by atoms with E-state index >= 15 is 0 Å². The number of halogens is 1. The minimum atomic E-state index is 0.845. The summed E-state index contributed by atoms with van der Waals surface area (Å²) in [5, 5.41) is 3.33. The third-order valence-electron chi connectivity index (χ3n) is 3.21. The molecule has 0 aromatic heterocycles. The van der Waals surface area contributed by atoms with E-state index in [0.717, 1.165) is 11.4 Å². The molecule has 0 atom stereocenters. The summed E-state index contributed by atoms with van der Waals surface area (Å²) in [6, 6.07) is 22.9. The summed E-state index contributed by atoms with van der Waals surface area (Å²) in [6.45, 7) is 0. The molecule has 3 aromatic carbocycles. The Morgan fingerprint density at radius 2 is 1.44 bits per heavy atom. The van der Waals surface area contributed by atoms with Crippen LogP contribution in [0.4, 0.5) is 0 Å². The van der Waals surface area contributed by atoms with Crippen molar-refractivity contribution in [1.82, 2.24) is 0 Å². The van der Waals surface area contributed by atoms with Crippen molar-refractivity contribution in [2.24, 2.45) is 0 Å². The Bertz CT molecular complexity index is 672. The minimum Gasteiger partial charge on any atom is -0.0840 e. The van der Waals surface area contributed by atoms with Gasteiger partial charge in [-0.05, 0) is 34.4 Å². The Balaban J connectivity index is 2.13. The number of hydrogen-bond donors (Lipinski definition) is 0. The van der Waals surface area contributed by atoms with Gasteiger partial charge < -0.3 is 0 Å². The predicted octanol–water partition coefficient (Wildman–Crippen LogP) is 5.08. The van der Waals surface area contributed by atoms with E-state index in [1.807, 2.05) is 12.1 Å². The molecule has 0 amide bonds. The molecule has 0 fully saturated rings. The first kappa shape index (κ1) is 11.3. The molecule has 0 bridgehead atoms. The molecule has 0 aliphatic heterocycles. The molecule has 0 aliphatic carbocycles. The van der Waals surface area contributed by atoms with Crippen LogP contribution in [0.25, 0.3) is 10.8 Å². The highest BCUT2D eigenvalue weighted by atomic mass is 35.5. The summed E-state index contributed by atoms with van der Waals surface area (Å²) in [4.78, 5) is 0. The molecule has 0 radical (unpaired) electrons. The van der Waals surface area contributed by atoms with E-state index in [-0.39, 0.29) is 0 Å². The molecule has 0 unspecified atom stereocenters. The van der Waals surface area contributed by atoms with Gasteiger partial charge in [0.05, 0.1) is 0 Å². The van der Waals surface area contributed by atoms with Crippen molar-refractivity contribution in [2.45, 2.75) is 6.42 Å². The largest absolute Gasteiger partial charge is 0.0840 e. The molecule has 0 saturated carbocycles. The molecule has 0 nitrogen and oxygen atoms in total. The van der Waals surface area contributed by atoms with Gasteiger partial charge in [0.2, 0.25) is 0 Å². The van der Waals surface area contributed by atoms with Gasteiger partial charge in [0.25, 0.3) is 0 Å². The van der Waals surface area contributed by atoms with Gasteiger partial charge in [-0.2, -0.15) is 0 Å². The van der Waals surface area contributed by atoms with E-state index in [2.05, 4.69) is 54.6 Å². The monoisotopic (exact) mass is 252 g/mol. The van der Waals surface area contributed by atoms with Crippen LogP contribution in [0.2, 0.25) is 5.02 Å². The molecular weight excluding hydrogens is 240 g/mol. The first-order chi connectivity index (χ1) is 8.84. The van der Waals surface area contributed by atoms with E-state index in [1.54, 1.807) is 0 Å². The van der Waals surface area contributed by atoms with Crippen LogP contribution in [0.1, 0.15) is 11.1 Å². The van der Waals surface area contributed by atoms with Gasteiger partial charge >= 0.3 is 0 Å². The predicted molar refractivity (Wildman–Crippen MR) is 78.2 cm³/mol. The first-order valence-electron chi connectivity index (χ1n) is 6.04. The fourth-order valence-electron chi connectivity index (χ4n) is 2.29. The van der Waals surface area contributed by atoms with Crippen molar-refractivity contribution in [1.29, 1.82) is 0 Å². The van der Waals surface area contributed by atoms with Crippen LogP contribution < -0.4 is 0 Å². The van der Waals surface area contributed by atoms with Crippen LogP contribution >= 0.6 is 11.6 Å². The number of fused-ring (bicyclic) bond motifs is 1. The van der Waals surface area contributed by atoms with Gasteiger partial charge in [0, 0.05) is 5.02 Å². The lowest BCUT2D eigenvalue weighted by Gasteiger charge is -2.09. The number of rotatable bonds is 2. The van der Waals surface area contributed by atoms with Gasteiger partial charge in [0.15, 0.2) is 0 Å². The topological polar surface area (TPSA) is 0 Å². The second-order valence-electron chi connectivity index (χ2n) is 4.41. The molecule has 18 heavy (non-hydrogen) atoms. The second-order valence-corrected chi connectivity index (χ2v) is 4.82.